The summed E-state index contributed by atoms with van der Waals surface area (Å²) in [7, 11) is 0. The number of hydrogen-bond acceptors (Lipinski definition) is 5. The molecule has 36 heavy (non-hydrogen) atoms. The minimum atomic E-state index is -0.346. The van der Waals surface area contributed by atoms with E-state index in [1.165, 1.54) is 0 Å². The summed E-state index contributed by atoms with van der Waals surface area (Å²) >= 11 is 0. The van der Waals surface area contributed by atoms with E-state index in [4.69, 9.17) is 0 Å². The molecule has 5 aromatic carbocycles. The monoisotopic (exact) mass is 476 g/mol. The van der Waals surface area contributed by atoms with Gasteiger partial charge in [0.25, 0.3) is 0 Å². The van der Waals surface area contributed by atoms with Gasteiger partial charge >= 0.3 is 0 Å². The van der Waals surface area contributed by atoms with E-state index < -0.39 is 0 Å². The predicted octanol–water partition coefficient (Wildman–Crippen LogP) is 6.73. The van der Waals surface area contributed by atoms with Gasteiger partial charge in [0, 0.05) is 28.2 Å². The zero-order chi connectivity index (χ0) is 25.2. The molecule has 0 saturated carbocycles. The van der Waals surface area contributed by atoms with Crippen molar-refractivity contribution in [1.82, 2.24) is 0 Å². The van der Waals surface area contributed by atoms with Crippen LogP contribution in [0.15, 0.2) is 109 Å². The van der Waals surface area contributed by atoms with Crippen LogP contribution in [0.25, 0.3) is 22.3 Å². The minimum Gasteiger partial charge on any atom is -0.508 e. The molecule has 5 aromatic rings. The van der Waals surface area contributed by atoms with Crippen molar-refractivity contribution in [1.29, 1.82) is 0 Å². The van der Waals surface area contributed by atoms with E-state index in [9.17, 15) is 25.5 Å². The first kappa shape index (κ1) is 22.9. The third-order valence-electron chi connectivity index (χ3n) is 6.32. The zero-order valence-corrected chi connectivity index (χ0v) is 19.2. The maximum atomic E-state index is 10.6. The van der Waals surface area contributed by atoms with Crippen molar-refractivity contribution >= 4 is 0 Å². The van der Waals surface area contributed by atoms with E-state index >= 15 is 0 Å². The van der Waals surface area contributed by atoms with E-state index in [0.717, 1.165) is 16.7 Å². The van der Waals surface area contributed by atoms with Gasteiger partial charge in [0.1, 0.15) is 28.7 Å². The number of phenols is 5. The average molecular weight is 477 g/mol. The summed E-state index contributed by atoms with van der Waals surface area (Å²) in [5.41, 5.74) is 4.49. The van der Waals surface area contributed by atoms with Crippen molar-refractivity contribution in [3.63, 3.8) is 0 Å². The van der Waals surface area contributed by atoms with E-state index in [1.807, 2.05) is 36.4 Å². The lowest BCUT2D eigenvalue weighted by Crippen LogP contribution is -2.04. The van der Waals surface area contributed by atoms with Gasteiger partial charge in [-0.1, -0.05) is 60.7 Å². The van der Waals surface area contributed by atoms with Gasteiger partial charge < -0.3 is 25.5 Å². The smallest absolute Gasteiger partial charge is 0.123 e. The third kappa shape index (κ3) is 4.30. The van der Waals surface area contributed by atoms with Crippen LogP contribution in [0.4, 0.5) is 0 Å². The number of phenolic OH excluding ortho intramolecular Hbond substituents is 5. The summed E-state index contributed by atoms with van der Waals surface area (Å²) in [4.78, 5) is 0. The van der Waals surface area contributed by atoms with Crippen molar-refractivity contribution in [2.75, 3.05) is 0 Å². The maximum absolute atomic E-state index is 10.6. The summed E-state index contributed by atoms with van der Waals surface area (Å²) in [5, 5.41) is 52.0. The fourth-order valence-electron chi connectivity index (χ4n) is 4.54. The molecule has 5 rings (SSSR count). The van der Waals surface area contributed by atoms with Crippen molar-refractivity contribution in [2.24, 2.45) is 0 Å². The second-order valence-electron chi connectivity index (χ2n) is 8.61. The Morgan fingerprint density at radius 1 is 0.361 bits per heavy atom. The van der Waals surface area contributed by atoms with Crippen LogP contribution in [0.3, 0.4) is 0 Å². The molecule has 0 saturated heterocycles. The number of para-hydroxylation sites is 2. The molecule has 5 nitrogen and oxygen atoms in total. The van der Waals surface area contributed by atoms with Crippen LogP contribution in [0.1, 0.15) is 22.6 Å². The Morgan fingerprint density at radius 2 is 0.750 bits per heavy atom. The van der Waals surface area contributed by atoms with Crippen LogP contribution in [0, 0.1) is 0 Å². The Morgan fingerprint density at radius 3 is 1.19 bits per heavy atom. The number of aromatic hydroxyl groups is 5. The molecule has 0 aliphatic heterocycles. The fourth-order valence-corrected chi connectivity index (χ4v) is 4.54. The Kier molecular flexibility index (Phi) is 5.97. The molecule has 0 aromatic heterocycles. The first-order chi connectivity index (χ1) is 17.4. The molecule has 5 heteroatoms. The average Bonchev–Trinajstić information content (AvgIpc) is 2.88. The molecule has 0 spiro atoms. The Labute approximate surface area is 208 Å². The number of rotatable bonds is 5. The first-order valence-corrected chi connectivity index (χ1v) is 11.4. The van der Waals surface area contributed by atoms with E-state index in [0.29, 0.717) is 22.3 Å². The van der Waals surface area contributed by atoms with Gasteiger partial charge in [0.2, 0.25) is 0 Å². The highest BCUT2D eigenvalue weighted by atomic mass is 16.3. The minimum absolute atomic E-state index is 0.0327. The molecular weight excluding hydrogens is 452 g/mol. The Bertz CT molecular complexity index is 1440. The fraction of sp³-hybridized carbons (Fsp3) is 0.0323. The SMILES string of the molecule is Oc1ccc(C(c2ccc(O)c(-c3ccccc3O)c2)c2ccc(O)c(-c3ccccc3O)c2)cc1. The third-order valence-corrected chi connectivity index (χ3v) is 6.32. The molecule has 0 aliphatic rings. The Hall–Kier alpha value is -4.90. The molecule has 0 bridgehead atoms. The van der Waals surface area contributed by atoms with Crippen LogP contribution >= 0.6 is 0 Å². The summed E-state index contributed by atoms with van der Waals surface area (Å²) in [6.07, 6.45) is 0. The van der Waals surface area contributed by atoms with Crippen molar-refractivity contribution < 1.29 is 25.5 Å². The van der Waals surface area contributed by atoms with Crippen molar-refractivity contribution in [3.05, 3.63) is 126 Å². The van der Waals surface area contributed by atoms with Gasteiger partial charge in [0.15, 0.2) is 0 Å². The summed E-state index contributed by atoms with van der Waals surface area (Å²) in [5.74, 6) is -0.0365. The van der Waals surface area contributed by atoms with Gasteiger partial charge in [0.05, 0.1) is 0 Å². The molecule has 0 amide bonds. The van der Waals surface area contributed by atoms with Crippen LogP contribution in [-0.4, -0.2) is 25.5 Å². The highest BCUT2D eigenvalue weighted by Crippen LogP contribution is 2.43. The van der Waals surface area contributed by atoms with Gasteiger partial charge in [-0.05, 0) is 65.2 Å². The highest BCUT2D eigenvalue weighted by molar-refractivity contribution is 5.78. The topological polar surface area (TPSA) is 101 Å². The largest absolute Gasteiger partial charge is 0.508 e. The second kappa shape index (κ2) is 9.39. The summed E-state index contributed by atoms with van der Waals surface area (Å²) in [6.45, 7) is 0. The van der Waals surface area contributed by atoms with Gasteiger partial charge in [-0.25, -0.2) is 0 Å². The van der Waals surface area contributed by atoms with Crippen LogP contribution < -0.4 is 0 Å². The lowest BCUT2D eigenvalue weighted by Gasteiger charge is -2.22. The van der Waals surface area contributed by atoms with E-state index in [1.54, 1.807) is 72.8 Å². The van der Waals surface area contributed by atoms with Crippen molar-refractivity contribution in [3.8, 4) is 51.0 Å². The molecule has 0 atom stereocenters. The summed E-state index contributed by atoms with van der Waals surface area (Å²) < 4.78 is 0. The summed E-state index contributed by atoms with van der Waals surface area (Å²) in [6, 6.07) is 30.9. The molecule has 0 unspecified atom stereocenters. The molecule has 0 heterocycles. The number of hydrogen-bond donors (Lipinski definition) is 5. The quantitative estimate of drug-likeness (QED) is 0.181. The predicted molar refractivity (Wildman–Crippen MR) is 139 cm³/mol. The molecule has 178 valence electrons. The van der Waals surface area contributed by atoms with E-state index in [2.05, 4.69) is 0 Å². The molecular formula is C31H24O5. The standard InChI is InChI=1S/C31H24O5/c32-22-13-9-19(10-14-22)31(20-11-15-29(35)25(17-20)23-5-1-3-7-27(23)33)21-12-16-30(36)26(18-21)24-6-2-4-8-28(24)34/h1-18,31-36H. The van der Waals surface area contributed by atoms with Gasteiger partial charge in [-0.3, -0.25) is 0 Å². The van der Waals surface area contributed by atoms with Crippen LogP contribution in [-0.2, 0) is 0 Å². The Balaban J connectivity index is 1.71. The van der Waals surface area contributed by atoms with E-state index in [-0.39, 0.29) is 34.7 Å². The van der Waals surface area contributed by atoms with Crippen LogP contribution in [0.5, 0.6) is 28.7 Å². The molecule has 0 radical (unpaired) electrons. The maximum Gasteiger partial charge on any atom is 0.123 e. The lowest BCUT2D eigenvalue weighted by molar-refractivity contribution is 0.468. The second-order valence-corrected chi connectivity index (χ2v) is 8.61. The first-order valence-electron chi connectivity index (χ1n) is 11.4. The van der Waals surface area contributed by atoms with Gasteiger partial charge in [-0.15, -0.1) is 0 Å². The molecule has 0 fully saturated rings. The highest BCUT2D eigenvalue weighted by Gasteiger charge is 2.21. The number of benzene rings is 5. The normalized spacial score (nSPS) is 11.0. The van der Waals surface area contributed by atoms with Gasteiger partial charge in [-0.2, -0.15) is 0 Å². The zero-order valence-electron chi connectivity index (χ0n) is 19.2. The van der Waals surface area contributed by atoms with Crippen LogP contribution in [0.2, 0.25) is 0 Å². The lowest BCUT2D eigenvalue weighted by atomic mass is 9.82. The van der Waals surface area contributed by atoms with Crippen molar-refractivity contribution in [2.45, 2.75) is 5.92 Å². The molecule has 0 aliphatic carbocycles. The molecule has 5 N–H and O–H groups in total.